The first kappa shape index (κ1) is 15.9. The van der Waals surface area contributed by atoms with E-state index < -0.39 is 11.8 Å². The van der Waals surface area contributed by atoms with Gasteiger partial charge in [-0.15, -0.1) is 0 Å². The topological polar surface area (TPSA) is 79.4 Å². The van der Waals surface area contributed by atoms with Crippen LogP contribution >= 0.6 is 0 Å². The zero-order valence-electron chi connectivity index (χ0n) is 13.4. The van der Waals surface area contributed by atoms with Gasteiger partial charge in [-0.1, -0.05) is 13.8 Å². The van der Waals surface area contributed by atoms with Crippen LogP contribution in [0.15, 0.2) is 42.6 Å². The molecule has 0 saturated heterocycles. The molecule has 0 radical (unpaired) electrons. The number of benzene rings is 1. The van der Waals surface area contributed by atoms with Crippen molar-refractivity contribution in [3.8, 4) is 0 Å². The quantitative estimate of drug-likeness (QED) is 0.875. The zero-order chi connectivity index (χ0) is 17.3. The Morgan fingerprint density at radius 3 is 2.46 bits per heavy atom. The van der Waals surface area contributed by atoms with Crippen molar-refractivity contribution >= 4 is 23.4 Å². The van der Waals surface area contributed by atoms with Gasteiger partial charge in [-0.2, -0.15) is 0 Å². The molecule has 24 heavy (non-hydrogen) atoms. The molecule has 122 valence electrons. The number of hydrogen-bond donors (Lipinski definition) is 1. The maximum Gasteiger partial charge on any atom is 0.284 e. The van der Waals surface area contributed by atoms with E-state index in [-0.39, 0.29) is 11.6 Å². The molecule has 0 unspecified atom stereocenters. The molecule has 6 nitrogen and oxygen atoms in total. The average molecular weight is 323 g/mol. The molecule has 0 fully saturated rings. The molecule has 0 bridgehead atoms. The fourth-order valence-corrected chi connectivity index (χ4v) is 2.46. The van der Waals surface area contributed by atoms with Gasteiger partial charge in [0.15, 0.2) is 0 Å². The smallest absolute Gasteiger partial charge is 0.284 e. The van der Waals surface area contributed by atoms with Gasteiger partial charge in [-0.05, 0) is 42.3 Å². The predicted octanol–water partition coefficient (Wildman–Crippen LogP) is 2.27. The Morgan fingerprint density at radius 1 is 1.12 bits per heavy atom. The second-order valence-corrected chi connectivity index (χ2v) is 6.00. The van der Waals surface area contributed by atoms with E-state index in [9.17, 15) is 14.4 Å². The van der Waals surface area contributed by atoms with Crippen LogP contribution in [0.1, 0.15) is 45.1 Å². The van der Waals surface area contributed by atoms with Crippen LogP contribution < -0.4 is 10.2 Å². The Hall–Kier alpha value is -3.02. The van der Waals surface area contributed by atoms with Crippen molar-refractivity contribution in [2.45, 2.75) is 13.8 Å². The SMILES string of the molecule is CC(C)CNC(=O)c1ccc(N2C(=O)c3cccnc3C2=O)cc1. The lowest BCUT2D eigenvalue weighted by Gasteiger charge is -2.14. The lowest BCUT2D eigenvalue weighted by molar-refractivity contribution is 0.0921. The van der Waals surface area contributed by atoms with Crippen molar-refractivity contribution in [2.24, 2.45) is 5.92 Å². The third-order valence-corrected chi connectivity index (χ3v) is 3.71. The van der Waals surface area contributed by atoms with Crippen molar-refractivity contribution in [2.75, 3.05) is 11.4 Å². The van der Waals surface area contributed by atoms with E-state index in [4.69, 9.17) is 0 Å². The number of rotatable bonds is 4. The summed E-state index contributed by atoms with van der Waals surface area (Å²) in [6.07, 6.45) is 1.48. The number of pyridine rings is 1. The molecular formula is C18H17N3O3. The Kier molecular flexibility index (Phi) is 4.12. The van der Waals surface area contributed by atoms with E-state index >= 15 is 0 Å². The van der Waals surface area contributed by atoms with Crippen molar-refractivity contribution < 1.29 is 14.4 Å². The molecule has 6 heteroatoms. The third kappa shape index (κ3) is 2.78. The minimum atomic E-state index is -0.451. The molecule has 0 spiro atoms. The summed E-state index contributed by atoms with van der Waals surface area (Å²) in [7, 11) is 0. The van der Waals surface area contributed by atoms with Crippen LogP contribution in [0, 0.1) is 5.92 Å². The van der Waals surface area contributed by atoms with Gasteiger partial charge in [0, 0.05) is 18.3 Å². The minimum Gasteiger partial charge on any atom is -0.352 e. The lowest BCUT2D eigenvalue weighted by atomic mass is 10.1. The number of nitrogens with one attached hydrogen (secondary N) is 1. The number of imide groups is 1. The van der Waals surface area contributed by atoms with Gasteiger partial charge < -0.3 is 5.32 Å². The van der Waals surface area contributed by atoms with Crippen LogP contribution in [0.25, 0.3) is 0 Å². The van der Waals surface area contributed by atoms with Crippen LogP contribution in [0.4, 0.5) is 5.69 Å². The highest BCUT2D eigenvalue weighted by Crippen LogP contribution is 2.27. The Bertz CT molecular complexity index is 778. The number of carbonyl (C=O) groups excluding carboxylic acids is 3. The monoisotopic (exact) mass is 323 g/mol. The van der Waals surface area contributed by atoms with E-state index in [1.165, 1.54) is 6.20 Å². The van der Waals surface area contributed by atoms with Crippen molar-refractivity contribution in [1.82, 2.24) is 10.3 Å². The molecule has 3 rings (SSSR count). The van der Waals surface area contributed by atoms with Crippen molar-refractivity contribution in [3.63, 3.8) is 0 Å². The molecule has 0 saturated carbocycles. The second kappa shape index (κ2) is 6.23. The summed E-state index contributed by atoms with van der Waals surface area (Å²) in [5, 5.41) is 2.82. The van der Waals surface area contributed by atoms with Gasteiger partial charge >= 0.3 is 0 Å². The molecule has 1 aliphatic rings. The van der Waals surface area contributed by atoms with Gasteiger partial charge in [0.25, 0.3) is 17.7 Å². The molecule has 2 heterocycles. The van der Waals surface area contributed by atoms with Gasteiger partial charge in [-0.3, -0.25) is 19.4 Å². The lowest BCUT2D eigenvalue weighted by Crippen LogP contribution is -2.30. The van der Waals surface area contributed by atoms with Crippen molar-refractivity contribution in [3.05, 3.63) is 59.4 Å². The van der Waals surface area contributed by atoms with Crippen LogP contribution in [-0.2, 0) is 0 Å². The Labute approximate surface area is 139 Å². The first-order valence-electron chi connectivity index (χ1n) is 7.71. The molecule has 0 atom stereocenters. The fraction of sp³-hybridized carbons (Fsp3) is 0.222. The molecular weight excluding hydrogens is 306 g/mol. The Balaban J connectivity index is 1.81. The number of nitrogens with zero attached hydrogens (tertiary/aromatic N) is 2. The summed E-state index contributed by atoms with van der Waals surface area (Å²) in [5.41, 5.74) is 1.35. The molecule has 1 aromatic carbocycles. The second-order valence-electron chi connectivity index (χ2n) is 6.00. The number of anilines is 1. The summed E-state index contributed by atoms with van der Waals surface area (Å²) in [4.78, 5) is 41.8. The minimum absolute atomic E-state index is 0.154. The normalized spacial score (nSPS) is 13.4. The standard InChI is InChI=1S/C18H17N3O3/c1-11(2)10-20-16(22)12-5-7-13(8-6-12)21-17(23)14-4-3-9-19-15(14)18(21)24/h3-9,11H,10H2,1-2H3,(H,20,22). The maximum absolute atomic E-state index is 12.4. The fourth-order valence-electron chi connectivity index (χ4n) is 2.46. The van der Waals surface area contributed by atoms with Crippen LogP contribution in [-0.4, -0.2) is 29.3 Å². The molecule has 1 N–H and O–H groups in total. The van der Waals surface area contributed by atoms with Crippen molar-refractivity contribution in [1.29, 1.82) is 0 Å². The molecule has 1 aliphatic heterocycles. The number of hydrogen-bond acceptors (Lipinski definition) is 4. The number of amides is 3. The van der Waals surface area contributed by atoms with Gasteiger partial charge in [-0.25, -0.2) is 4.90 Å². The Morgan fingerprint density at radius 2 is 1.83 bits per heavy atom. The van der Waals surface area contributed by atoms with Crippen LogP contribution in [0.2, 0.25) is 0 Å². The summed E-state index contributed by atoms with van der Waals surface area (Å²) >= 11 is 0. The molecule has 0 aliphatic carbocycles. The van der Waals surface area contributed by atoms with Crippen LogP contribution in [0.5, 0.6) is 0 Å². The summed E-state index contributed by atoms with van der Waals surface area (Å²) in [6, 6.07) is 9.58. The highest BCUT2D eigenvalue weighted by molar-refractivity contribution is 6.33. The maximum atomic E-state index is 12.4. The van der Waals surface area contributed by atoms with Gasteiger partial charge in [0.1, 0.15) is 5.69 Å². The number of aromatic nitrogens is 1. The molecule has 2 aromatic rings. The van der Waals surface area contributed by atoms with Gasteiger partial charge in [0.2, 0.25) is 0 Å². The predicted molar refractivity (Wildman–Crippen MR) is 89.0 cm³/mol. The average Bonchev–Trinajstić information content (AvgIpc) is 2.84. The molecule has 1 aromatic heterocycles. The van der Waals surface area contributed by atoms with E-state index in [0.29, 0.717) is 29.3 Å². The largest absolute Gasteiger partial charge is 0.352 e. The highest BCUT2D eigenvalue weighted by atomic mass is 16.2. The van der Waals surface area contributed by atoms with E-state index in [0.717, 1.165) is 4.90 Å². The van der Waals surface area contributed by atoms with Crippen LogP contribution in [0.3, 0.4) is 0 Å². The summed E-state index contributed by atoms with van der Waals surface area (Å²) < 4.78 is 0. The van der Waals surface area contributed by atoms with Gasteiger partial charge in [0.05, 0.1) is 11.3 Å². The molecule has 3 amide bonds. The first-order valence-corrected chi connectivity index (χ1v) is 7.71. The summed E-state index contributed by atoms with van der Waals surface area (Å²) in [5.74, 6) is -0.675. The van der Waals surface area contributed by atoms with E-state index in [2.05, 4.69) is 10.3 Å². The van der Waals surface area contributed by atoms with E-state index in [1.54, 1.807) is 36.4 Å². The number of fused-ring (bicyclic) bond motifs is 1. The summed E-state index contributed by atoms with van der Waals surface area (Å²) in [6.45, 7) is 4.62. The van der Waals surface area contributed by atoms with E-state index in [1.807, 2.05) is 13.8 Å². The third-order valence-electron chi connectivity index (χ3n) is 3.71. The first-order chi connectivity index (χ1) is 11.5. The zero-order valence-corrected chi connectivity index (χ0v) is 13.4. The number of carbonyl (C=O) groups is 3. The highest BCUT2D eigenvalue weighted by Gasteiger charge is 2.37.